The van der Waals surface area contributed by atoms with E-state index in [0.717, 1.165) is 5.56 Å². The summed E-state index contributed by atoms with van der Waals surface area (Å²) in [5.41, 5.74) is 1.22. The lowest BCUT2D eigenvalue weighted by molar-refractivity contribution is -0.111. The maximum Gasteiger partial charge on any atom is 0.337 e. The molecule has 0 radical (unpaired) electrons. The molecular weight excluding hydrogens is 366 g/mol. The van der Waals surface area contributed by atoms with Crippen LogP contribution in [0.1, 0.15) is 26.3 Å². The fourth-order valence-corrected chi connectivity index (χ4v) is 2.54. The second-order valence-corrected chi connectivity index (χ2v) is 5.72. The largest absolute Gasteiger partial charge is 0.465 e. The Balaban J connectivity index is 1.77. The number of nitrogens with one attached hydrogen (secondary N) is 1. The molecule has 0 saturated carbocycles. The first kappa shape index (κ1) is 19.0. The van der Waals surface area contributed by atoms with E-state index in [2.05, 4.69) is 14.8 Å². The molecule has 0 saturated heterocycles. The molecule has 1 aliphatic rings. The highest BCUT2D eigenvalue weighted by Crippen LogP contribution is 2.32. The van der Waals surface area contributed by atoms with Gasteiger partial charge in [-0.1, -0.05) is 6.07 Å². The van der Waals surface area contributed by atoms with Gasteiger partial charge in [0.1, 0.15) is 0 Å². The fourth-order valence-electron chi connectivity index (χ4n) is 2.54. The maximum atomic E-state index is 12.2. The Bertz CT molecular complexity index is 931. The highest BCUT2D eigenvalue weighted by Gasteiger charge is 2.15. The zero-order chi connectivity index (χ0) is 20.1. The molecule has 0 aliphatic carbocycles. The summed E-state index contributed by atoms with van der Waals surface area (Å²) in [6.07, 6.45) is 2.92. The minimum Gasteiger partial charge on any atom is -0.465 e. The summed E-state index contributed by atoms with van der Waals surface area (Å²) < 4.78 is 19.9. The Hall–Kier alpha value is -3.81. The average Bonchev–Trinajstić information content (AvgIpc) is 3.18. The van der Waals surface area contributed by atoms with Crippen LogP contribution in [0.4, 0.5) is 5.69 Å². The van der Waals surface area contributed by atoms with Crippen molar-refractivity contribution in [1.82, 2.24) is 0 Å². The number of esters is 2. The van der Waals surface area contributed by atoms with Crippen molar-refractivity contribution in [3.63, 3.8) is 0 Å². The topological polar surface area (TPSA) is 100 Å². The molecule has 8 nitrogen and oxygen atoms in total. The minimum atomic E-state index is -0.642. The normalized spacial score (nSPS) is 11.9. The van der Waals surface area contributed by atoms with Crippen LogP contribution in [0.2, 0.25) is 0 Å². The van der Waals surface area contributed by atoms with Gasteiger partial charge in [0, 0.05) is 11.8 Å². The Morgan fingerprint density at radius 2 is 1.57 bits per heavy atom. The van der Waals surface area contributed by atoms with Crippen LogP contribution in [0.15, 0.2) is 42.5 Å². The number of hydrogen-bond donors (Lipinski definition) is 1. The van der Waals surface area contributed by atoms with Crippen LogP contribution in [0, 0.1) is 0 Å². The number of benzene rings is 2. The van der Waals surface area contributed by atoms with Gasteiger partial charge in [0.25, 0.3) is 0 Å². The first-order chi connectivity index (χ1) is 13.5. The van der Waals surface area contributed by atoms with Crippen LogP contribution in [-0.4, -0.2) is 38.9 Å². The molecule has 0 fully saturated rings. The van der Waals surface area contributed by atoms with Crippen molar-refractivity contribution in [2.75, 3.05) is 26.3 Å². The Morgan fingerprint density at radius 3 is 2.21 bits per heavy atom. The molecule has 0 bridgehead atoms. The van der Waals surface area contributed by atoms with Gasteiger partial charge < -0.3 is 24.3 Å². The summed E-state index contributed by atoms with van der Waals surface area (Å²) >= 11 is 0. The quantitative estimate of drug-likeness (QED) is 0.626. The number of fused-ring (bicyclic) bond motifs is 1. The van der Waals surface area contributed by atoms with Crippen LogP contribution in [-0.2, 0) is 14.3 Å². The molecule has 1 amide bonds. The fraction of sp³-hybridized carbons (Fsp3) is 0.150. The van der Waals surface area contributed by atoms with E-state index < -0.39 is 17.8 Å². The number of carbonyl (C=O) groups is 3. The monoisotopic (exact) mass is 383 g/mol. The Labute approximate surface area is 160 Å². The number of amides is 1. The molecule has 144 valence electrons. The molecule has 0 atom stereocenters. The summed E-state index contributed by atoms with van der Waals surface area (Å²) in [4.78, 5) is 35.8. The van der Waals surface area contributed by atoms with Crippen molar-refractivity contribution in [2.24, 2.45) is 0 Å². The number of ether oxygens (including phenoxy) is 4. The number of methoxy groups -OCH3 is 2. The van der Waals surface area contributed by atoms with Gasteiger partial charge in [-0.2, -0.15) is 0 Å². The van der Waals surface area contributed by atoms with Gasteiger partial charge in [-0.05, 0) is 42.0 Å². The van der Waals surface area contributed by atoms with Gasteiger partial charge in [0.2, 0.25) is 12.7 Å². The molecule has 0 aromatic heterocycles. The van der Waals surface area contributed by atoms with Gasteiger partial charge in [-0.25, -0.2) is 9.59 Å². The van der Waals surface area contributed by atoms with E-state index in [1.54, 1.807) is 24.3 Å². The predicted molar refractivity (Wildman–Crippen MR) is 99.3 cm³/mol. The van der Waals surface area contributed by atoms with Crippen LogP contribution in [0.5, 0.6) is 11.5 Å². The SMILES string of the molecule is COC(=O)c1cc(NC(=O)C=Cc2ccc3c(c2)OCO3)cc(C(=O)OC)c1. The van der Waals surface area contributed by atoms with Crippen LogP contribution >= 0.6 is 0 Å². The van der Waals surface area contributed by atoms with E-state index in [1.807, 2.05) is 0 Å². The van der Waals surface area contributed by atoms with E-state index in [4.69, 9.17) is 9.47 Å². The van der Waals surface area contributed by atoms with E-state index in [9.17, 15) is 14.4 Å². The van der Waals surface area contributed by atoms with Gasteiger partial charge in [0.15, 0.2) is 11.5 Å². The zero-order valence-corrected chi connectivity index (χ0v) is 15.2. The highest BCUT2D eigenvalue weighted by molar-refractivity contribution is 6.04. The highest BCUT2D eigenvalue weighted by atomic mass is 16.7. The predicted octanol–water partition coefficient (Wildman–Crippen LogP) is 2.64. The van der Waals surface area contributed by atoms with Crippen molar-refractivity contribution < 1.29 is 33.3 Å². The van der Waals surface area contributed by atoms with Crippen molar-refractivity contribution in [2.45, 2.75) is 0 Å². The van der Waals surface area contributed by atoms with E-state index in [-0.39, 0.29) is 23.6 Å². The summed E-state index contributed by atoms with van der Waals surface area (Å²) in [5.74, 6) is -0.475. The third-order valence-corrected chi connectivity index (χ3v) is 3.87. The number of anilines is 1. The van der Waals surface area contributed by atoms with Crippen LogP contribution in [0.3, 0.4) is 0 Å². The van der Waals surface area contributed by atoms with Crippen molar-refractivity contribution in [1.29, 1.82) is 0 Å². The summed E-state index contributed by atoms with van der Waals surface area (Å²) in [6, 6.07) is 9.43. The lowest BCUT2D eigenvalue weighted by atomic mass is 10.1. The molecule has 0 unspecified atom stereocenters. The standard InChI is InChI=1S/C20H17NO7/c1-25-19(23)13-8-14(20(24)26-2)10-15(9-13)21-18(22)6-4-12-3-5-16-17(7-12)28-11-27-16/h3-10H,11H2,1-2H3,(H,21,22). The smallest absolute Gasteiger partial charge is 0.337 e. The van der Waals surface area contributed by atoms with Crippen molar-refractivity contribution >= 4 is 29.6 Å². The second-order valence-electron chi connectivity index (χ2n) is 5.72. The molecule has 3 rings (SSSR count). The molecular formula is C20H17NO7. The molecule has 1 aliphatic heterocycles. The summed E-state index contributed by atoms with van der Waals surface area (Å²) in [6.45, 7) is 0.169. The minimum absolute atomic E-state index is 0.112. The molecule has 2 aromatic rings. The third-order valence-electron chi connectivity index (χ3n) is 3.87. The first-order valence-corrected chi connectivity index (χ1v) is 8.20. The van der Waals surface area contributed by atoms with Crippen LogP contribution < -0.4 is 14.8 Å². The number of rotatable bonds is 5. The average molecular weight is 383 g/mol. The number of carbonyl (C=O) groups excluding carboxylic acids is 3. The van der Waals surface area contributed by atoms with E-state index in [0.29, 0.717) is 11.5 Å². The first-order valence-electron chi connectivity index (χ1n) is 8.20. The van der Waals surface area contributed by atoms with Gasteiger partial charge in [-0.15, -0.1) is 0 Å². The summed E-state index contributed by atoms with van der Waals surface area (Å²) in [5, 5.41) is 2.61. The van der Waals surface area contributed by atoms with Gasteiger partial charge >= 0.3 is 11.9 Å². The van der Waals surface area contributed by atoms with E-state index in [1.165, 1.54) is 38.5 Å². The van der Waals surface area contributed by atoms with Gasteiger partial charge in [0.05, 0.1) is 25.3 Å². The molecule has 8 heteroatoms. The molecule has 28 heavy (non-hydrogen) atoms. The Morgan fingerprint density at radius 1 is 0.929 bits per heavy atom. The van der Waals surface area contributed by atoms with E-state index >= 15 is 0 Å². The van der Waals surface area contributed by atoms with Gasteiger partial charge in [-0.3, -0.25) is 4.79 Å². The molecule has 1 heterocycles. The summed E-state index contributed by atoms with van der Waals surface area (Å²) in [7, 11) is 2.44. The van der Waals surface area contributed by atoms with Crippen molar-refractivity contribution in [3.05, 3.63) is 59.2 Å². The number of hydrogen-bond acceptors (Lipinski definition) is 7. The lowest BCUT2D eigenvalue weighted by Gasteiger charge is -2.08. The lowest BCUT2D eigenvalue weighted by Crippen LogP contribution is -2.12. The maximum absolute atomic E-state index is 12.2. The van der Waals surface area contributed by atoms with Crippen LogP contribution in [0.25, 0.3) is 6.08 Å². The molecule has 2 aromatic carbocycles. The zero-order valence-electron chi connectivity index (χ0n) is 15.2. The second kappa shape index (κ2) is 8.26. The molecule has 0 spiro atoms. The Kier molecular flexibility index (Phi) is 5.59. The van der Waals surface area contributed by atoms with Crippen molar-refractivity contribution in [3.8, 4) is 11.5 Å². The third kappa shape index (κ3) is 4.29. The molecule has 1 N–H and O–H groups in total.